The van der Waals surface area contributed by atoms with Crippen molar-refractivity contribution in [3.8, 4) is 0 Å². The Bertz CT molecular complexity index is 451. The zero-order valence-electron chi connectivity index (χ0n) is 9.49. The number of hydrogen-bond acceptors (Lipinski definition) is 3. The number of carbonyl (C=O) groups is 1. The molecule has 0 saturated carbocycles. The minimum atomic E-state index is -0.562. The highest BCUT2D eigenvalue weighted by molar-refractivity contribution is 7.80. The predicted molar refractivity (Wildman–Crippen MR) is 72.4 cm³/mol. The highest BCUT2D eigenvalue weighted by Crippen LogP contribution is 2.21. The molecule has 1 unspecified atom stereocenters. The molecule has 0 aromatic heterocycles. The molecule has 0 spiro atoms. The van der Waals surface area contributed by atoms with Crippen molar-refractivity contribution in [1.29, 1.82) is 0 Å². The van der Waals surface area contributed by atoms with E-state index in [2.05, 4.69) is 5.32 Å². The lowest BCUT2D eigenvalue weighted by Crippen LogP contribution is -2.27. The van der Waals surface area contributed by atoms with Gasteiger partial charge in [0.15, 0.2) is 0 Å². The third-order valence-electron chi connectivity index (χ3n) is 2.23. The first-order valence-electron chi connectivity index (χ1n) is 4.88. The molecule has 0 heterocycles. The Kier molecular flexibility index (Phi) is 4.86. The molecule has 1 rings (SSSR count). The largest absolute Gasteiger partial charge is 0.389 e. The van der Waals surface area contributed by atoms with Crippen molar-refractivity contribution in [2.45, 2.75) is 13.0 Å². The monoisotopic (exact) mass is 272 g/mol. The maximum absolute atomic E-state index is 11.7. The fourth-order valence-electron chi connectivity index (χ4n) is 1.18. The number of hydrogen-bond donors (Lipinski definition) is 2. The van der Waals surface area contributed by atoms with Crippen LogP contribution in [0.3, 0.4) is 0 Å². The van der Waals surface area contributed by atoms with Crippen molar-refractivity contribution in [2.24, 2.45) is 5.73 Å². The Morgan fingerprint density at radius 3 is 2.76 bits per heavy atom. The average molecular weight is 273 g/mol. The lowest BCUT2D eigenvalue weighted by Gasteiger charge is -2.13. The van der Waals surface area contributed by atoms with E-state index in [0.717, 1.165) is 0 Å². The number of thiocarbonyl (C=S) groups is 1. The van der Waals surface area contributed by atoms with Gasteiger partial charge in [-0.15, -0.1) is 0 Å². The van der Waals surface area contributed by atoms with Gasteiger partial charge in [-0.25, -0.2) is 0 Å². The van der Waals surface area contributed by atoms with E-state index in [1.165, 1.54) is 7.11 Å². The molecule has 0 aliphatic carbocycles. The second kappa shape index (κ2) is 5.95. The van der Waals surface area contributed by atoms with Crippen LogP contribution < -0.4 is 11.1 Å². The van der Waals surface area contributed by atoms with Crippen molar-refractivity contribution in [3.05, 3.63) is 28.8 Å². The molecule has 0 fully saturated rings. The van der Waals surface area contributed by atoms with E-state index >= 15 is 0 Å². The van der Waals surface area contributed by atoms with Gasteiger partial charge in [0.25, 0.3) is 5.91 Å². The van der Waals surface area contributed by atoms with Gasteiger partial charge in [-0.3, -0.25) is 4.79 Å². The Balaban J connectivity index is 3.00. The van der Waals surface area contributed by atoms with Crippen molar-refractivity contribution < 1.29 is 9.53 Å². The SMILES string of the molecule is COC(C)C(=O)Nc1cc(Cl)ccc1C(N)=S. The summed E-state index contributed by atoms with van der Waals surface area (Å²) in [5.74, 6) is -0.285. The molecule has 0 aliphatic heterocycles. The van der Waals surface area contributed by atoms with Gasteiger partial charge in [0.05, 0.1) is 5.69 Å². The molecule has 92 valence electrons. The summed E-state index contributed by atoms with van der Waals surface area (Å²) >= 11 is 10.7. The van der Waals surface area contributed by atoms with E-state index in [1.807, 2.05) is 0 Å². The van der Waals surface area contributed by atoms with E-state index in [4.69, 9.17) is 34.3 Å². The van der Waals surface area contributed by atoms with Crippen LogP contribution in [0.1, 0.15) is 12.5 Å². The number of halogens is 1. The van der Waals surface area contributed by atoms with Crippen LogP contribution in [-0.2, 0) is 9.53 Å². The van der Waals surface area contributed by atoms with Crippen molar-refractivity contribution >= 4 is 40.4 Å². The zero-order valence-corrected chi connectivity index (χ0v) is 11.1. The number of benzene rings is 1. The quantitative estimate of drug-likeness (QED) is 0.823. The minimum absolute atomic E-state index is 0.196. The van der Waals surface area contributed by atoms with Crippen molar-refractivity contribution in [1.82, 2.24) is 0 Å². The fraction of sp³-hybridized carbons (Fsp3) is 0.273. The summed E-state index contributed by atoms with van der Waals surface area (Å²) in [5.41, 5.74) is 6.61. The van der Waals surface area contributed by atoms with Gasteiger partial charge in [0.2, 0.25) is 0 Å². The normalized spacial score (nSPS) is 11.9. The molecule has 4 nitrogen and oxygen atoms in total. The minimum Gasteiger partial charge on any atom is -0.389 e. The number of carbonyl (C=O) groups excluding carboxylic acids is 1. The molecule has 1 aromatic rings. The number of ether oxygens (including phenoxy) is 1. The smallest absolute Gasteiger partial charge is 0.253 e. The van der Waals surface area contributed by atoms with Gasteiger partial charge in [0, 0.05) is 17.7 Å². The third-order valence-corrected chi connectivity index (χ3v) is 2.68. The van der Waals surface area contributed by atoms with E-state index < -0.39 is 6.10 Å². The number of methoxy groups -OCH3 is 1. The second-order valence-electron chi connectivity index (χ2n) is 3.42. The molecule has 0 saturated heterocycles. The van der Waals surface area contributed by atoms with Gasteiger partial charge < -0.3 is 15.8 Å². The van der Waals surface area contributed by atoms with E-state index in [1.54, 1.807) is 25.1 Å². The number of nitrogens with two attached hydrogens (primary N) is 1. The average Bonchev–Trinajstić information content (AvgIpc) is 2.27. The Hall–Kier alpha value is -1.17. The Labute approximate surface area is 110 Å². The van der Waals surface area contributed by atoms with Crippen LogP contribution >= 0.6 is 23.8 Å². The van der Waals surface area contributed by atoms with Crippen LogP contribution in [0.2, 0.25) is 5.02 Å². The Morgan fingerprint density at radius 2 is 2.24 bits per heavy atom. The van der Waals surface area contributed by atoms with Crippen LogP contribution in [0.25, 0.3) is 0 Å². The van der Waals surface area contributed by atoms with Crippen molar-refractivity contribution in [2.75, 3.05) is 12.4 Å². The molecule has 1 amide bonds. The first-order valence-corrected chi connectivity index (χ1v) is 5.67. The molecule has 17 heavy (non-hydrogen) atoms. The van der Waals surface area contributed by atoms with E-state index in [9.17, 15) is 4.79 Å². The Morgan fingerprint density at radius 1 is 1.59 bits per heavy atom. The molecule has 0 aliphatic rings. The van der Waals surface area contributed by atoms with Gasteiger partial charge in [-0.1, -0.05) is 23.8 Å². The molecular formula is C11H13ClN2O2S. The lowest BCUT2D eigenvalue weighted by atomic mass is 10.1. The summed E-state index contributed by atoms with van der Waals surface area (Å²) in [6.07, 6.45) is -0.562. The van der Waals surface area contributed by atoms with E-state index in [-0.39, 0.29) is 10.9 Å². The van der Waals surface area contributed by atoms with Crippen LogP contribution in [-0.4, -0.2) is 24.1 Å². The topological polar surface area (TPSA) is 64.3 Å². The standard InChI is InChI=1S/C11H13ClN2O2S/c1-6(16-2)11(15)14-9-5-7(12)3-4-8(9)10(13)17/h3-6H,1-2H3,(H2,13,17)(H,14,15). The first kappa shape index (κ1) is 13.9. The number of anilines is 1. The second-order valence-corrected chi connectivity index (χ2v) is 4.30. The highest BCUT2D eigenvalue weighted by Gasteiger charge is 2.14. The van der Waals surface area contributed by atoms with Crippen LogP contribution in [0.5, 0.6) is 0 Å². The molecule has 1 aromatic carbocycles. The maximum Gasteiger partial charge on any atom is 0.253 e. The fourth-order valence-corrected chi connectivity index (χ4v) is 1.53. The van der Waals surface area contributed by atoms with Crippen LogP contribution in [0.15, 0.2) is 18.2 Å². The first-order chi connectivity index (χ1) is 7.95. The maximum atomic E-state index is 11.7. The van der Waals surface area contributed by atoms with Gasteiger partial charge in [0.1, 0.15) is 11.1 Å². The van der Waals surface area contributed by atoms with Gasteiger partial charge in [-0.2, -0.15) is 0 Å². The molecular weight excluding hydrogens is 260 g/mol. The summed E-state index contributed by atoms with van der Waals surface area (Å²) in [4.78, 5) is 11.9. The number of rotatable bonds is 4. The number of nitrogens with one attached hydrogen (secondary N) is 1. The molecule has 1 atom stereocenters. The summed E-state index contributed by atoms with van der Waals surface area (Å²) in [5, 5.41) is 3.16. The molecule has 3 N–H and O–H groups in total. The number of amides is 1. The van der Waals surface area contributed by atoms with Crippen LogP contribution in [0, 0.1) is 0 Å². The third kappa shape index (κ3) is 3.66. The van der Waals surface area contributed by atoms with Crippen LogP contribution in [0.4, 0.5) is 5.69 Å². The van der Waals surface area contributed by atoms with Gasteiger partial charge in [-0.05, 0) is 25.1 Å². The molecule has 0 bridgehead atoms. The molecule has 0 radical (unpaired) electrons. The van der Waals surface area contributed by atoms with Gasteiger partial charge >= 0.3 is 0 Å². The zero-order chi connectivity index (χ0) is 13.0. The molecule has 6 heteroatoms. The van der Waals surface area contributed by atoms with Crippen molar-refractivity contribution in [3.63, 3.8) is 0 Å². The summed E-state index contributed by atoms with van der Waals surface area (Å²) in [6.45, 7) is 1.64. The van der Waals surface area contributed by atoms with E-state index in [0.29, 0.717) is 16.3 Å². The summed E-state index contributed by atoms with van der Waals surface area (Å²) in [7, 11) is 1.46. The predicted octanol–water partition coefficient (Wildman–Crippen LogP) is 1.95. The lowest BCUT2D eigenvalue weighted by molar-refractivity contribution is -0.124. The summed E-state index contributed by atoms with van der Waals surface area (Å²) in [6, 6.07) is 4.92. The summed E-state index contributed by atoms with van der Waals surface area (Å²) < 4.78 is 4.91. The highest BCUT2D eigenvalue weighted by atomic mass is 35.5.